The first-order valence-electron chi connectivity index (χ1n) is 6.12. The molecule has 0 aliphatic carbocycles. The number of aromatic nitrogens is 1. The lowest BCUT2D eigenvalue weighted by Gasteiger charge is -2.33. The van der Waals surface area contributed by atoms with Crippen LogP contribution in [0.25, 0.3) is 0 Å². The van der Waals surface area contributed by atoms with Crippen LogP contribution in [0, 0.1) is 11.7 Å². The van der Waals surface area contributed by atoms with Crippen LogP contribution in [-0.2, 0) is 0 Å². The highest BCUT2D eigenvalue weighted by Gasteiger charge is 2.27. The van der Waals surface area contributed by atoms with E-state index in [1.807, 2.05) is 6.92 Å². The van der Waals surface area contributed by atoms with Gasteiger partial charge in [-0.2, -0.15) is 0 Å². The van der Waals surface area contributed by atoms with Gasteiger partial charge in [-0.15, -0.1) is 11.6 Å². The maximum absolute atomic E-state index is 13.5. The predicted octanol–water partition coefficient (Wildman–Crippen LogP) is 2.70. The van der Waals surface area contributed by atoms with Crippen LogP contribution in [0.2, 0.25) is 0 Å². The fourth-order valence-corrected chi connectivity index (χ4v) is 2.53. The van der Waals surface area contributed by atoms with Crippen molar-refractivity contribution in [2.45, 2.75) is 25.1 Å². The number of piperidine rings is 1. The highest BCUT2D eigenvalue weighted by Crippen LogP contribution is 2.25. The summed E-state index contributed by atoms with van der Waals surface area (Å²) in [6.45, 7) is 3.26. The van der Waals surface area contributed by atoms with Gasteiger partial charge in [-0.25, -0.2) is 4.39 Å². The van der Waals surface area contributed by atoms with E-state index in [1.54, 1.807) is 4.90 Å². The van der Waals surface area contributed by atoms with Gasteiger partial charge >= 0.3 is 0 Å². The molecule has 1 aromatic heterocycles. The summed E-state index contributed by atoms with van der Waals surface area (Å²) in [6, 6.07) is 1.42. The third-order valence-electron chi connectivity index (χ3n) is 3.48. The number of nitrogens with zero attached hydrogens (tertiary/aromatic N) is 2. The fraction of sp³-hybridized carbons (Fsp3) is 0.538. The molecule has 1 aliphatic rings. The first-order chi connectivity index (χ1) is 8.59. The minimum absolute atomic E-state index is 0.0994. The van der Waals surface area contributed by atoms with Gasteiger partial charge in [0.05, 0.1) is 11.8 Å². The molecule has 1 aromatic rings. The summed E-state index contributed by atoms with van der Waals surface area (Å²) < 4.78 is 13.5. The maximum atomic E-state index is 13.5. The molecule has 0 radical (unpaired) electrons. The van der Waals surface area contributed by atoms with E-state index in [-0.39, 0.29) is 16.8 Å². The lowest BCUT2D eigenvalue weighted by atomic mass is 9.93. The van der Waals surface area contributed by atoms with E-state index >= 15 is 0 Å². The molecule has 0 N–H and O–H groups in total. The highest BCUT2D eigenvalue weighted by atomic mass is 35.5. The number of likely N-dealkylation sites (tertiary alicyclic amines) is 1. The van der Waals surface area contributed by atoms with Crippen LogP contribution < -0.4 is 0 Å². The fourth-order valence-electron chi connectivity index (χ4n) is 2.28. The van der Waals surface area contributed by atoms with Crippen molar-refractivity contribution in [1.82, 2.24) is 9.88 Å². The summed E-state index contributed by atoms with van der Waals surface area (Å²) in [5.74, 6) is -0.371. The van der Waals surface area contributed by atoms with Crippen LogP contribution in [-0.4, -0.2) is 34.3 Å². The van der Waals surface area contributed by atoms with E-state index in [1.165, 1.54) is 12.3 Å². The monoisotopic (exact) mass is 270 g/mol. The van der Waals surface area contributed by atoms with Gasteiger partial charge < -0.3 is 4.90 Å². The molecule has 1 unspecified atom stereocenters. The molecular formula is C13H16ClFN2O. The zero-order valence-electron chi connectivity index (χ0n) is 10.3. The van der Waals surface area contributed by atoms with Gasteiger partial charge in [-0.3, -0.25) is 9.78 Å². The number of hydrogen-bond acceptors (Lipinski definition) is 2. The molecule has 1 amide bonds. The number of rotatable bonds is 2. The van der Waals surface area contributed by atoms with Crippen LogP contribution in [0.4, 0.5) is 4.39 Å². The van der Waals surface area contributed by atoms with E-state index in [9.17, 15) is 9.18 Å². The Bertz CT molecular complexity index is 431. The Morgan fingerprint density at radius 1 is 1.56 bits per heavy atom. The summed E-state index contributed by atoms with van der Waals surface area (Å²) in [4.78, 5) is 17.5. The smallest absolute Gasteiger partial charge is 0.256 e. The molecule has 2 heterocycles. The zero-order chi connectivity index (χ0) is 13.1. The second kappa shape index (κ2) is 5.65. The number of alkyl halides is 1. The van der Waals surface area contributed by atoms with Crippen LogP contribution in [0.1, 0.15) is 30.1 Å². The zero-order valence-corrected chi connectivity index (χ0v) is 11.0. The molecule has 1 atom stereocenters. The Hall–Kier alpha value is -1.16. The van der Waals surface area contributed by atoms with E-state index < -0.39 is 5.82 Å². The van der Waals surface area contributed by atoms with Crippen molar-refractivity contribution in [1.29, 1.82) is 0 Å². The van der Waals surface area contributed by atoms with Gasteiger partial charge in [-0.05, 0) is 31.7 Å². The Balaban J connectivity index is 2.02. The average Bonchev–Trinajstić information content (AvgIpc) is 2.38. The van der Waals surface area contributed by atoms with E-state index in [0.29, 0.717) is 19.0 Å². The first-order valence-corrected chi connectivity index (χ1v) is 6.56. The molecule has 0 bridgehead atoms. The Morgan fingerprint density at radius 2 is 2.22 bits per heavy atom. The Kier molecular flexibility index (Phi) is 4.17. The van der Waals surface area contributed by atoms with Gasteiger partial charge in [-0.1, -0.05) is 0 Å². The highest BCUT2D eigenvalue weighted by molar-refractivity contribution is 6.20. The Morgan fingerprint density at radius 3 is 2.78 bits per heavy atom. The third kappa shape index (κ3) is 2.80. The normalized spacial score (nSPS) is 18.7. The molecule has 5 heteroatoms. The molecule has 18 heavy (non-hydrogen) atoms. The molecule has 98 valence electrons. The molecule has 2 rings (SSSR count). The van der Waals surface area contributed by atoms with Gasteiger partial charge in [0.25, 0.3) is 5.91 Å². The first kappa shape index (κ1) is 13.3. The van der Waals surface area contributed by atoms with E-state index in [2.05, 4.69) is 4.98 Å². The van der Waals surface area contributed by atoms with Crippen LogP contribution in [0.5, 0.6) is 0 Å². The molecule has 0 spiro atoms. The lowest BCUT2D eigenvalue weighted by molar-refractivity contribution is 0.0685. The topological polar surface area (TPSA) is 33.2 Å². The SMILES string of the molecule is CC(Cl)C1CCN(C(=O)c2ccncc2F)CC1. The van der Waals surface area contributed by atoms with Crippen molar-refractivity contribution >= 4 is 17.5 Å². The largest absolute Gasteiger partial charge is 0.339 e. The second-order valence-corrected chi connectivity index (χ2v) is 5.35. The number of carbonyl (C=O) groups excluding carboxylic acids is 1. The minimum Gasteiger partial charge on any atom is -0.339 e. The Labute approximate surface area is 111 Å². The molecule has 1 aliphatic heterocycles. The van der Waals surface area contributed by atoms with Crippen molar-refractivity contribution in [3.63, 3.8) is 0 Å². The van der Waals surface area contributed by atoms with Gasteiger partial charge in [0.2, 0.25) is 0 Å². The number of carbonyl (C=O) groups is 1. The molecule has 1 fully saturated rings. The molecular weight excluding hydrogens is 255 g/mol. The minimum atomic E-state index is -0.560. The number of halogens is 2. The summed E-state index contributed by atoms with van der Waals surface area (Å²) in [5.41, 5.74) is 0.0994. The summed E-state index contributed by atoms with van der Waals surface area (Å²) >= 11 is 6.05. The number of pyridine rings is 1. The standard InChI is InChI=1S/C13H16ClFN2O/c1-9(14)10-3-6-17(7-4-10)13(18)11-2-5-16-8-12(11)15/h2,5,8-10H,3-4,6-7H2,1H3. The van der Waals surface area contributed by atoms with Gasteiger partial charge in [0.15, 0.2) is 5.82 Å². The molecule has 0 saturated carbocycles. The van der Waals surface area contributed by atoms with Crippen LogP contribution in [0.15, 0.2) is 18.5 Å². The van der Waals surface area contributed by atoms with Crippen molar-refractivity contribution in [3.05, 3.63) is 29.8 Å². The van der Waals surface area contributed by atoms with Crippen molar-refractivity contribution < 1.29 is 9.18 Å². The van der Waals surface area contributed by atoms with Gasteiger partial charge in [0, 0.05) is 24.7 Å². The number of hydrogen-bond donors (Lipinski definition) is 0. The van der Waals surface area contributed by atoms with Gasteiger partial charge in [0.1, 0.15) is 0 Å². The summed E-state index contributed by atoms with van der Waals surface area (Å²) in [7, 11) is 0. The number of amides is 1. The van der Waals surface area contributed by atoms with Crippen molar-refractivity contribution in [2.24, 2.45) is 5.92 Å². The lowest BCUT2D eigenvalue weighted by Crippen LogP contribution is -2.40. The summed E-state index contributed by atoms with van der Waals surface area (Å²) in [6.07, 6.45) is 4.26. The third-order valence-corrected chi connectivity index (χ3v) is 3.84. The summed E-state index contributed by atoms with van der Waals surface area (Å²) in [5, 5.41) is 0.125. The van der Waals surface area contributed by atoms with Crippen LogP contribution >= 0.6 is 11.6 Å². The van der Waals surface area contributed by atoms with Crippen molar-refractivity contribution in [3.8, 4) is 0 Å². The molecule has 0 aromatic carbocycles. The average molecular weight is 271 g/mol. The molecule has 1 saturated heterocycles. The maximum Gasteiger partial charge on any atom is 0.256 e. The van der Waals surface area contributed by atoms with E-state index in [4.69, 9.17) is 11.6 Å². The predicted molar refractivity (Wildman–Crippen MR) is 68.1 cm³/mol. The van der Waals surface area contributed by atoms with Crippen LogP contribution in [0.3, 0.4) is 0 Å². The van der Waals surface area contributed by atoms with Crippen molar-refractivity contribution in [2.75, 3.05) is 13.1 Å². The second-order valence-electron chi connectivity index (χ2n) is 4.66. The van der Waals surface area contributed by atoms with E-state index in [0.717, 1.165) is 19.0 Å². The molecule has 3 nitrogen and oxygen atoms in total. The quantitative estimate of drug-likeness (QED) is 0.774.